The fourth-order valence-electron chi connectivity index (χ4n) is 0.455. The average molecular weight is 133 g/mol. The zero-order chi connectivity index (χ0) is 6.41. The van der Waals surface area contributed by atoms with Gasteiger partial charge in [0.05, 0.1) is 0 Å². The lowest BCUT2D eigenvalue weighted by Gasteiger charge is -2.06. The van der Waals surface area contributed by atoms with Crippen molar-refractivity contribution in [3.05, 3.63) is 0 Å². The number of hydrogen-bond acceptors (Lipinski definition) is 2. The Balaban J connectivity index is 2.86. The Morgan fingerprint density at radius 2 is 2.25 bits per heavy atom. The van der Waals surface area contributed by atoms with Crippen molar-refractivity contribution < 1.29 is 0 Å². The third-order valence-electron chi connectivity index (χ3n) is 1.05. The minimum absolute atomic E-state index is 0.707. The van der Waals surface area contributed by atoms with Crippen LogP contribution in [0.25, 0.3) is 0 Å². The van der Waals surface area contributed by atoms with Crippen molar-refractivity contribution in [2.45, 2.75) is 13.8 Å². The minimum atomic E-state index is 0.707. The Hall–Kier alpha value is 0.310. The van der Waals surface area contributed by atoms with E-state index in [-0.39, 0.29) is 0 Å². The van der Waals surface area contributed by atoms with E-state index in [2.05, 4.69) is 31.8 Å². The second-order valence-corrected chi connectivity index (χ2v) is 2.46. The molecule has 0 saturated carbocycles. The lowest BCUT2D eigenvalue weighted by Crippen LogP contribution is -2.21. The molecule has 0 bridgehead atoms. The maximum atomic E-state index is 4.15. The molecule has 0 fully saturated rings. The van der Waals surface area contributed by atoms with Gasteiger partial charge in [0.25, 0.3) is 0 Å². The molecule has 0 aromatic carbocycles. The Kier molecular flexibility index (Phi) is 5.66. The maximum absolute atomic E-state index is 4.15. The van der Waals surface area contributed by atoms with Crippen LogP contribution in [0.2, 0.25) is 0 Å². The highest BCUT2D eigenvalue weighted by molar-refractivity contribution is 7.80. The molecule has 0 aromatic rings. The normalized spacial score (nSPS) is 13.9. The van der Waals surface area contributed by atoms with Crippen LogP contribution in [-0.4, -0.2) is 18.8 Å². The van der Waals surface area contributed by atoms with Gasteiger partial charge < -0.3 is 5.32 Å². The molecular weight excluding hydrogens is 118 g/mol. The summed E-state index contributed by atoms with van der Waals surface area (Å²) in [5, 5.41) is 3.25. The molecule has 0 aromatic heterocycles. The third-order valence-corrected chi connectivity index (χ3v) is 1.68. The smallest absolute Gasteiger partial charge is 0.00155 e. The summed E-state index contributed by atoms with van der Waals surface area (Å²) in [6, 6.07) is 0. The molecule has 0 aliphatic rings. The number of hydrogen-bond donors (Lipinski definition) is 2. The predicted octanol–water partition coefficient (Wildman–Crippen LogP) is 1.16. The summed E-state index contributed by atoms with van der Waals surface area (Å²) in [7, 11) is 0. The monoisotopic (exact) mass is 133 g/mol. The van der Waals surface area contributed by atoms with E-state index in [4.69, 9.17) is 0 Å². The molecule has 0 radical (unpaired) electrons. The molecule has 2 heteroatoms. The molecule has 1 nitrogen and oxygen atoms in total. The average Bonchev–Trinajstić information content (AvgIpc) is 1.83. The van der Waals surface area contributed by atoms with Crippen molar-refractivity contribution in [2.75, 3.05) is 18.8 Å². The van der Waals surface area contributed by atoms with E-state index in [0.29, 0.717) is 5.92 Å². The van der Waals surface area contributed by atoms with Gasteiger partial charge in [-0.25, -0.2) is 0 Å². The fourth-order valence-corrected chi connectivity index (χ4v) is 0.584. The molecule has 1 unspecified atom stereocenters. The maximum Gasteiger partial charge on any atom is -0.00155 e. The minimum Gasteiger partial charge on any atom is -0.317 e. The first-order chi connectivity index (χ1) is 3.81. The molecule has 0 aliphatic carbocycles. The third kappa shape index (κ3) is 4.47. The summed E-state index contributed by atoms with van der Waals surface area (Å²) < 4.78 is 0. The zero-order valence-corrected chi connectivity index (χ0v) is 6.54. The lowest BCUT2D eigenvalue weighted by atomic mass is 10.2. The van der Waals surface area contributed by atoms with E-state index in [1.165, 1.54) is 0 Å². The van der Waals surface area contributed by atoms with Gasteiger partial charge in [0.1, 0.15) is 0 Å². The van der Waals surface area contributed by atoms with E-state index >= 15 is 0 Å². The van der Waals surface area contributed by atoms with Gasteiger partial charge in [-0.05, 0) is 24.8 Å². The van der Waals surface area contributed by atoms with E-state index in [0.717, 1.165) is 18.8 Å². The highest BCUT2D eigenvalue weighted by atomic mass is 32.1. The first kappa shape index (κ1) is 8.31. The van der Waals surface area contributed by atoms with Crippen LogP contribution in [0.5, 0.6) is 0 Å². The van der Waals surface area contributed by atoms with Crippen molar-refractivity contribution in [2.24, 2.45) is 5.92 Å². The van der Waals surface area contributed by atoms with Gasteiger partial charge in [0.2, 0.25) is 0 Å². The first-order valence-corrected chi connectivity index (χ1v) is 3.76. The molecule has 0 amide bonds. The van der Waals surface area contributed by atoms with Crippen LogP contribution in [0.1, 0.15) is 13.8 Å². The van der Waals surface area contributed by atoms with Crippen molar-refractivity contribution >= 4 is 12.6 Å². The van der Waals surface area contributed by atoms with Crippen molar-refractivity contribution in [1.29, 1.82) is 0 Å². The van der Waals surface area contributed by atoms with Crippen molar-refractivity contribution in [3.63, 3.8) is 0 Å². The summed E-state index contributed by atoms with van der Waals surface area (Å²) in [6.45, 7) is 6.47. The van der Waals surface area contributed by atoms with Gasteiger partial charge in [-0.15, -0.1) is 0 Å². The molecule has 1 N–H and O–H groups in total. The quantitative estimate of drug-likeness (QED) is 0.548. The van der Waals surface area contributed by atoms with Crippen LogP contribution in [-0.2, 0) is 0 Å². The Morgan fingerprint density at radius 3 is 2.62 bits per heavy atom. The summed E-state index contributed by atoms with van der Waals surface area (Å²) in [6.07, 6.45) is 0. The summed E-state index contributed by atoms with van der Waals surface area (Å²) in [5.41, 5.74) is 0. The second kappa shape index (κ2) is 5.45. The number of nitrogens with one attached hydrogen (secondary N) is 1. The summed E-state index contributed by atoms with van der Waals surface area (Å²) >= 11 is 4.15. The SMILES string of the molecule is CCNCC(C)CS. The molecule has 0 spiro atoms. The molecule has 1 atom stereocenters. The number of thiol groups is 1. The molecule has 0 rings (SSSR count). The van der Waals surface area contributed by atoms with Crippen LogP contribution in [0.4, 0.5) is 0 Å². The summed E-state index contributed by atoms with van der Waals surface area (Å²) in [4.78, 5) is 0. The first-order valence-electron chi connectivity index (χ1n) is 3.12. The molecule has 0 heterocycles. The molecule has 50 valence electrons. The van der Waals surface area contributed by atoms with Gasteiger partial charge in [0.15, 0.2) is 0 Å². The number of rotatable bonds is 4. The van der Waals surface area contributed by atoms with Crippen LogP contribution in [0.3, 0.4) is 0 Å². The van der Waals surface area contributed by atoms with E-state index in [1.54, 1.807) is 0 Å². The van der Waals surface area contributed by atoms with Crippen LogP contribution < -0.4 is 5.32 Å². The standard InChI is InChI=1S/C6H15NS/c1-3-7-4-6(2)5-8/h6-8H,3-5H2,1-2H3. The van der Waals surface area contributed by atoms with Gasteiger partial charge in [0, 0.05) is 0 Å². The summed E-state index contributed by atoms with van der Waals surface area (Å²) in [5.74, 6) is 1.69. The second-order valence-electron chi connectivity index (χ2n) is 2.10. The van der Waals surface area contributed by atoms with Gasteiger partial charge in [-0.2, -0.15) is 12.6 Å². The van der Waals surface area contributed by atoms with Crippen LogP contribution in [0.15, 0.2) is 0 Å². The topological polar surface area (TPSA) is 12.0 Å². The highest BCUT2D eigenvalue weighted by Crippen LogP contribution is 1.93. The lowest BCUT2D eigenvalue weighted by molar-refractivity contribution is 0.575. The zero-order valence-electron chi connectivity index (χ0n) is 5.65. The Bertz CT molecular complexity index is 47.8. The van der Waals surface area contributed by atoms with Gasteiger partial charge in [-0.3, -0.25) is 0 Å². The van der Waals surface area contributed by atoms with Crippen LogP contribution in [0, 0.1) is 5.92 Å². The highest BCUT2D eigenvalue weighted by Gasteiger charge is 1.94. The Labute approximate surface area is 57.3 Å². The fraction of sp³-hybridized carbons (Fsp3) is 1.00. The molecule has 8 heavy (non-hydrogen) atoms. The van der Waals surface area contributed by atoms with Crippen molar-refractivity contribution in [3.8, 4) is 0 Å². The van der Waals surface area contributed by atoms with Crippen LogP contribution >= 0.6 is 12.6 Å². The van der Waals surface area contributed by atoms with Gasteiger partial charge >= 0.3 is 0 Å². The Morgan fingerprint density at radius 1 is 1.62 bits per heavy atom. The molecule has 0 aliphatic heterocycles. The van der Waals surface area contributed by atoms with E-state index in [1.807, 2.05) is 0 Å². The van der Waals surface area contributed by atoms with E-state index in [9.17, 15) is 0 Å². The molecular formula is C6H15NS. The predicted molar refractivity (Wildman–Crippen MR) is 41.6 cm³/mol. The van der Waals surface area contributed by atoms with Gasteiger partial charge in [-0.1, -0.05) is 13.8 Å². The largest absolute Gasteiger partial charge is 0.317 e. The van der Waals surface area contributed by atoms with Crippen molar-refractivity contribution in [1.82, 2.24) is 5.32 Å². The molecule has 0 saturated heterocycles. The van der Waals surface area contributed by atoms with E-state index < -0.39 is 0 Å².